The van der Waals surface area contributed by atoms with Crippen LogP contribution in [0.2, 0.25) is 0 Å². The lowest BCUT2D eigenvalue weighted by Gasteiger charge is -2.19. The van der Waals surface area contributed by atoms with Crippen molar-refractivity contribution in [3.63, 3.8) is 0 Å². The standard InChI is InChI=1S/C18H27F3N4O2/c1-4-27-16-9-14(5-6-15(16)26-3)24-17(22-2)23-10-13-7-8-25(11-13)12-18(19,20)21/h5-6,9,13H,4,7-8,10-12H2,1-3H3,(H2,22,23,24). The number of likely N-dealkylation sites (tertiary alicyclic amines) is 1. The molecular weight excluding hydrogens is 361 g/mol. The molecule has 1 aliphatic rings. The van der Waals surface area contributed by atoms with Crippen LogP contribution in [0.5, 0.6) is 11.5 Å². The topological polar surface area (TPSA) is 58.1 Å². The number of nitrogens with zero attached hydrogens (tertiary/aromatic N) is 2. The van der Waals surface area contributed by atoms with Gasteiger partial charge in [-0.05, 0) is 37.9 Å². The largest absolute Gasteiger partial charge is 0.493 e. The summed E-state index contributed by atoms with van der Waals surface area (Å²) in [6, 6.07) is 5.46. The first-order valence-electron chi connectivity index (χ1n) is 8.92. The van der Waals surface area contributed by atoms with Crippen LogP contribution in [-0.2, 0) is 0 Å². The summed E-state index contributed by atoms with van der Waals surface area (Å²) < 4.78 is 48.3. The van der Waals surface area contributed by atoms with Crippen LogP contribution in [0.1, 0.15) is 13.3 Å². The fourth-order valence-corrected chi connectivity index (χ4v) is 3.06. The van der Waals surface area contributed by atoms with E-state index in [-0.39, 0.29) is 5.92 Å². The Morgan fingerprint density at radius 1 is 1.33 bits per heavy atom. The predicted octanol–water partition coefficient (Wildman–Crippen LogP) is 2.97. The molecular formula is C18H27F3N4O2. The minimum absolute atomic E-state index is 0.153. The van der Waals surface area contributed by atoms with Gasteiger partial charge in [0.1, 0.15) is 0 Å². The molecule has 9 heteroatoms. The summed E-state index contributed by atoms with van der Waals surface area (Å²) in [6.45, 7) is 3.02. The molecule has 2 N–H and O–H groups in total. The zero-order valence-corrected chi connectivity index (χ0v) is 15.9. The molecule has 1 saturated heterocycles. The smallest absolute Gasteiger partial charge is 0.401 e. The zero-order valence-electron chi connectivity index (χ0n) is 15.9. The van der Waals surface area contributed by atoms with Gasteiger partial charge in [0.15, 0.2) is 17.5 Å². The van der Waals surface area contributed by atoms with Crippen LogP contribution in [0.25, 0.3) is 0 Å². The molecule has 0 saturated carbocycles. The van der Waals surface area contributed by atoms with Gasteiger partial charge in [-0.3, -0.25) is 9.89 Å². The Balaban J connectivity index is 1.87. The van der Waals surface area contributed by atoms with Crippen LogP contribution in [0.3, 0.4) is 0 Å². The lowest BCUT2D eigenvalue weighted by atomic mass is 10.1. The Hall–Kier alpha value is -2.16. The van der Waals surface area contributed by atoms with Crippen LogP contribution in [-0.4, -0.2) is 64.0 Å². The number of anilines is 1. The molecule has 27 heavy (non-hydrogen) atoms. The van der Waals surface area contributed by atoms with E-state index in [1.807, 2.05) is 19.1 Å². The number of alkyl halides is 3. The molecule has 0 aliphatic carbocycles. The number of ether oxygens (including phenoxy) is 2. The van der Waals surface area contributed by atoms with Crippen molar-refractivity contribution in [3.05, 3.63) is 18.2 Å². The third-order valence-electron chi connectivity index (χ3n) is 4.28. The van der Waals surface area contributed by atoms with Crippen molar-refractivity contribution in [2.45, 2.75) is 19.5 Å². The van der Waals surface area contributed by atoms with Gasteiger partial charge in [-0.2, -0.15) is 13.2 Å². The molecule has 6 nitrogen and oxygen atoms in total. The Morgan fingerprint density at radius 2 is 2.11 bits per heavy atom. The minimum Gasteiger partial charge on any atom is -0.493 e. The van der Waals surface area contributed by atoms with Gasteiger partial charge in [0.25, 0.3) is 0 Å². The minimum atomic E-state index is -4.15. The molecule has 0 amide bonds. The monoisotopic (exact) mass is 388 g/mol. The molecule has 0 spiro atoms. The molecule has 0 aromatic heterocycles. The summed E-state index contributed by atoms with van der Waals surface area (Å²) in [5, 5.41) is 6.34. The van der Waals surface area contributed by atoms with Gasteiger partial charge < -0.3 is 20.1 Å². The average Bonchev–Trinajstić information content (AvgIpc) is 3.04. The molecule has 1 aromatic carbocycles. The maximum Gasteiger partial charge on any atom is 0.401 e. The number of methoxy groups -OCH3 is 1. The molecule has 0 radical (unpaired) electrons. The van der Waals surface area contributed by atoms with Crippen molar-refractivity contribution < 1.29 is 22.6 Å². The van der Waals surface area contributed by atoms with E-state index >= 15 is 0 Å². The van der Waals surface area contributed by atoms with E-state index in [9.17, 15) is 13.2 Å². The average molecular weight is 388 g/mol. The van der Waals surface area contributed by atoms with Crippen LogP contribution in [0, 0.1) is 5.92 Å². The fraction of sp³-hybridized carbons (Fsp3) is 0.611. The molecule has 152 valence electrons. The predicted molar refractivity (Wildman–Crippen MR) is 99.7 cm³/mol. The van der Waals surface area contributed by atoms with E-state index < -0.39 is 12.7 Å². The van der Waals surface area contributed by atoms with E-state index in [0.29, 0.717) is 43.7 Å². The van der Waals surface area contributed by atoms with E-state index in [4.69, 9.17) is 9.47 Å². The molecule has 1 unspecified atom stereocenters. The van der Waals surface area contributed by atoms with Crippen molar-refractivity contribution in [1.29, 1.82) is 0 Å². The van der Waals surface area contributed by atoms with Gasteiger partial charge in [-0.15, -0.1) is 0 Å². The van der Waals surface area contributed by atoms with Gasteiger partial charge >= 0.3 is 6.18 Å². The van der Waals surface area contributed by atoms with Crippen LogP contribution >= 0.6 is 0 Å². The maximum atomic E-state index is 12.5. The van der Waals surface area contributed by atoms with Crippen LogP contribution in [0.4, 0.5) is 18.9 Å². The Morgan fingerprint density at radius 3 is 2.74 bits per heavy atom. The molecule has 1 heterocycles. The normalized spacial score (nSPS) is 18.4. The van der Waals surface area contributed by atoms with E-state index in [1.54, 1.807) is 20.2 Å². The highest BCUT2D eigenvalue weighted by molar-refractivity contribution is 5.93. The van der Waals surface area contributed by atoms with E-state index in [0.717, 1.165) is 12.1 Å². The Labute approximate surface area is 157 Å². The molecule has 1 fully saturated rings. The fourth-order valence-electron chi connectivity index (χ4n) is 3.06. The highest BCUT2D eigenvalue weighted by Gasteiger charge is 2.34. The summed E-state index contributed by atoms with van der Waals surface area (Å²) >= 11 is 0. The van der Waals surface area contributed by atoms with Crippen molar-refractivity contribution in [2.24, 2.45) is 10.9 Å². The van der Waals surface area contributed by atoms with Crippen LogP contribution < -0.4 is 20.1 Å². The number of benzene rings is 1. The molecule has 0 bridgehead atoms. The number of guanidine groups is 1. The molecule has 1 atom stereocenters. The summed E-state index contributed by atoms with van der Waals surface area (Å²) in [5.41, 5.74) is 0.775. The maximum absolute atomic E-state index is 12.5. The number of hydrogen-bond donors (Lipinski definition) is 2. The Kier molecular flexibility index (Phi) is 7.58. The first kappa shape index (κ1) is 21.1. The number of nitrogens with one attached hydrogen (secondary N) is 2. The number of halogens is 3. The van der Waals surface area contributed by atoms with Crippen molar-refractivity contribution in [3.8, 4) is 11.5 Å². The Bertz CT molecular complexity index is 638. The molecule has 2 rings (SSSR count). The third kappa shape index (κ3) is 6.82. The summed E-state index contributed by atoms with van der Waals surface area (Å²) in [7, 11) is 3.22. The highest BCUT2D eigenvalue weighted by Crippen LogP contribution is 2.30. The number of aliphatic imine (C=N–C) groups is 1. The first-order valence-corrected chi connectivity index (χ1v) is 8.92. The zero-order chi connectivity index (χ0) is 19.9. The van der Waals surface area contributed by atoms with Gasteiger partial charge in [0, 0.05) is 31.9 Å². The molecule has 1 aliphatic heterocycles. The highest BCUT2D eigenvalue weighted by atomic mass is 19.4. The van der Waals surface area contributed by atoms with Gasteiger partial charge in [0.2, 0.25) is 0 Å². The quantitative estimate of drug-likeness (QED) is 0.556. The summed E-state index contributed by atoms with van der Waals surface area (Å²) in [6.07, 6.45) is -3.41. The second-order valence-corrected chi connectivity index (χ2v) is 6.38. The van der Waals surface area contributed by atoms with Gasteiger partial charge in [0.05, 0.1) is 20.3 Å². The molecule has 1 aromatic rings. The second kappa shape index (κ2) is 9.68. The van der Waals surface area contributed by atoms with E-state index in [2.05, 4.69) is 15.6 Å². The third-order valence-corrected chi connectivity index (χ3v) is 4.28. The van der Waals surface area contributed by atoms with Crippen LogP contribution in [0.15, 0.2) is 23.2 Å². The van der Waals surface area contributed by atoms with Crippen molar-refractivity contribution in [2.75, 3.05) is 52.3 Å². The lowest BCUT2D eigenvalue weighted by Crippen LogP contribution is -2.37. The van der Waals surface area contributed by atoms with E-state index in [1.165, 1.54) is 4.90 Å². The van der Waals surface area contributed by atoms with Gasteiger partial charge in [-0.1, -0.05) is 0 Å². The first-order chi connectivity index (χ1) is 12.8. The number of rotatable bonds is 7. The SMILES string of the molecule is CCOc1cc(NC(=NC)NCC2CCN(CC(F)(F)F)C2)ccc1OC. The lowest BCUT2D eigenvalue weighted by molar-refractivity contribution is -0.143. The van der Waals surface area contributed by atoms with Crippen molar-refractivity contribution >= 4 is 11.6 Å². The number of hydrogen-bond acceptors (Lipinski definition) is 4. The summed E-state index contributed by atoms with van der Waals surface area (Å²) in [4.78, 5) is 5.61. The second-order valence-electron chi connectivity index (χ2n) is 6.38. The van der Waals surface area contributed by atoms with Crippen molar-refractivity contribution in [1.82, 2.24) is 10.2 Å². The van der Waals surface area contributed by atoms with Gasteiger partial charge in [-0.25, -0.2) is 0 Å². The summed E-state index contributed by atoms with van der Waals surface area (Å²) in [5.74, 6) is 1.97.